The summed E-state index contributed by atoms with van der Waals surface area (Å²) in [6.07, 6.45) is 2.11. The van der Waals surface area contributed by atoms with E-state index in [1.807, 2.05) is 30.9 Å². The number of hydrogen-bond acceptors (Lipinski definition) is 5. The molecule has 0 aromatic carbocycles. The largest absolute Gasteiger partial charge is 0.476 e. The number of hydrogen-bond donors (Lipinski definition) is 1. The number of pyridine rings is 1. The smallest absolute Gasteiger partial charge is 0.239 e. The van der Waals surface area contributed by atoms with E-state index in [-0.39, 0.29) is 0 Å². The van der Waals surface area contributed by atoms with E-state index < -0.39 is 0 Å². The second kappa shape index (κ2) is 7.48. The van der Waals surface area contributed by atoms with Crippen molar-refractivity contribution in [2.45, 2.75) is 26.8 Å². The number of anilines is 2. The summed E-state index contributed by atoms with van der Waals surface area (Å²) in [5.41, 5.74) is 6.49. The van der Waals surface area contributed by atoms with E-state index in [4.69, 9.17) is 10.5 Å². The summed E-state index contributed by atoms with van der Waals surface area (Å²) in [7, 11) is 2.05. The van der Waals surface area contributed by atoms with Crippen molar-refractivity contribution in [3.8, 4) is 5.88 Å². The molecule has 0 fully saturated rings. The first-order valence-electron chi connectivity index (χ1n) is 6.56. The van der Waals surface area contributed by atoms with E-state index in [0.29, 0.717) is 30.1 Å². The molecular weight excluding hydrogens is 258 g/mol. The fraction of sp³-hybridized carbons (Fsp3) is 0.643. The molecule has 1 aromatic heterocycles. The molecule has 0 aliphatic rings. The molecule has 0 saturated heterocycles. The van der Waals surface area contributed by atoms with Crippen LogP contribution < -0.4 is 15.4 Å². The summed E-state index contributed by atoms with van der Waals surface area (Å²) in [5.74, 6) is 2.95. The third kappa shape index (κ3) is 4.82. The zero-order valence-corrected chi connectivity index (χ0v) is 13.3. The molecule has 108 valence electrons. The minimum atomic E-state index is 0.420. The van der Waals surface area contributed by atoms with Crippen LogP contribution >= 0.6 is 11.8 Å². The quantitative estimate of drug-likeness (QED) is 0.834. The number of thioether (sulfide) groups is 1. The fourth-order valence-corrected chi connectivity index (χ4v) is 2.28. The number of nitrogen functional groups attached to an aromatic ring is 1. The van der Waals surface area contributed by atoms with Gasteiger partial charge in [0.05, 0.1) is 12.3 Å². The first-order chi connectivity index (χ1) is 8.95. The van der Waals surface area contributed by atoms with Gasteiger partial charge in [-0.2, -0.15) is 16.7 Å². The maximum absolute atomic E-state index is 5.90. The maximum atomic E-state index is 5.90. The highest BCUT2D eigenvalue weighted by atomic mass is 32.2. The second-order valence-corrected chi connectivity index (χ2v) is 6.09. The zero-order chi connectivity index (χ0) is 14.4. The van der Waals surface area contributed by atoms with Gasteiger partial charge in [0.2, 0.25) is 5.88 Å². The van der Waals surface area contributed by atoms with Crippen LogP contribution in [0.4, 0.5) is 11.5 Å². The lowest BCUT2D eigenvalue weighted by Crippen LogP contribution is -2.31. The summed E-state index contributed by atoms with van der Waals surface area (Å²) < 4.78 is 5.66. The predicted molar refractivity (Wildman–Crippen MR) is 85.2 cm³/mol. The van der Waals surface area contributed by atoms with Crippen LogP contribution in [0.15, 0.2) is 12.1 Å². The van der Waals surface area contributed by atoms with Crippen molar-refractivity contribution in [3.63, 3.8) is 0 Å². The third-order valence-electron chi connectivity index (χ3n) is 2.86. The van der Waals surface area contributed by atoms with Gasteiger partial charge >= 0.3 is 0 Å². The zero-order valence-electron chi connectivity index (χ0n) is 12.5. The Balaban J connectivity index is 2.82. The molecule has 2 N–H and O–H groups in total. The Labute approximate surface area is 120 Å². The predicted octanol–water partition coefficient (Wildman–Crippen LogP) is 2.89. The van der Waals surface area contributed by atoms with Crippen molar-refractivity contribution >= 4 is 23.3 Å². The second-order valence-electron chi connectivity index (χ2n) is 5.18. The normalized spacial score (nSPS) is 12.5. The van der Waals surface area contributed by atoms with Crippen molar-refractivity contribution in [2.75, 3.05) is 36.3 Å². The third-order valence-corrected chi connectivity index (χ3v) is 3.67. The summed E-state index contributed by atoms with van der Waals surface area (Å²) >= 11 is 1.83. The molecule has 1 aromatic rings. The Morgan fingerprint density at radius 2 is 2.05 bits per heavy atom. The molecule has 5 heteroatoms. The summed E-state index contributed by atoms with van der Waals surface area (Å²) in [6.45, 7) is 7.02. The van der Waals surface area contributed by atoms with Gasteiger partial charge in [-0.05, 0) is 31.2 Å². The Hall–Kier alpha value is -1.10. The number of nitrogens with zero attached hydrogens (tertiary/aromatic N) is 2. The first kappa shape index (κ1) is 16.0. The van der Waals surface area contributed by atoms with Gasteiger partial charge in [0, 0.05) is 18.8 Å². The molecule has 1 heterocycles. The molecule has 19 heavy (non-hydrogen) atoms. The molecular formula is C14H25N3OS. The SMILES string of the molecule is CSCC(C)N(C)c1ccc(N)c(OCC(C)C)n1. The van der Waals surface area contributed by atoms with Crippen LogP contribution in [0.25, 0.3) is 0 Å². The van der Waals surface area contributed by atoms with Gasteiger partial charge in [0.15, 0.2) is 0 Å². The van der Waals surface area contributed by atoms with E-state index >= 15 is 0 Å². The molecule has 1 atom stereocenters. The lowest BCUT2D eigenvalue weighted by Gasteiger charge is -2.26. The average molecular weight is 283 g/mol. The van der Waals surface area contributed by atoms with Crippen molar-refractivity contribution in [2.24, 2.45) is 5.92 Å². The van der Waals surface area contributed by atoms with Gasteiger partial charge in [-0.3, -0.25) is 0 Å². The number of ether oxygens (including phenoxy) is 1. The minimum Gasteiger partial charge on any atom is -0.476 e. The minimum absolute atomic E-state index is 0.420. The Morgan fingerprint density at radius 3 is 2.63 bits per heavy atom. The monoisotopic (exact) mass is 283 g/mol. The number of rotatable bonds is 7. The van der Waals surface area contributed by atoms with Gasteiger partial charge in [-0.25, -0.2) is 0 Å². The van der Waals surface area contributed by atoms with Gasteiger partial charge in [-0.1, -0.05) is 13.8 Å². The summed E-state index contributed by atoms with van der Waals surface area (Å²) in [5, 5.41) is 0. The molecule has 1 rings (SSSR count). The van der Waals surface area contributed by atoms with Gasteiger partial charge in [0.25, 0.3) is 0 Å². The highest BCUT2D eigenvalue weighted by Gasteiger charge is 2.13. The molecule has 0 amide bonds. The summed E-state index contributed by atoms with van der Waals surface area (Å²) in [6, 6.07) is 4.22. The van der Waals surface area contributed by atoms with Gasteiger partial charge in [-0.15, -0.1) is 0 Å². The van der Waals surface area contributed by atoms with Crippen LogP contribution in [-0.2, 0) is 0 Å². The number of aromatic nitrogens is 1. The van der Waals surface area contributed by atoms with E-state index in [9.17, 15) is 0 Å². The highest BCUT2D eigenvalue weighted by molar-refractivity contribution is 7.98. The van der Waals surface area contributed by atoms with E-state index in [1.54, 1.807) is 0 Å². The summed E-state index contributed by atoms with van der Waals surface area (Å²) in [4.78, 5) is 6.67. The van der Waals surface area contributed by atoms with Gasteiger partial charge in [0.1, 0.15) is 5.82 Å². The van der Waals surface area contributed by atoms with Crippen molar-refractivity contribution in [1.29, 1.82) is 0 Å². The molecule has 0 bridgehead atoms. The Morgan fingerprint density at radius 1 is 1.37 bits per heavy atom. The van der Waals surface area contributed by atoms with E-state index in [0.717, 1.165) is 11.6 Å². The number of nitrogens with two attached hydrogens (primary N) is 1. The first-order valence-corrected chi connectivity index (χ1v) is 7.96. The van der Waals surface area contributed by atoms with Gasteiger partial charge < -0.3 is 15.4 Å². The van der Waals surface area contributed by atoms with Crippen LogP contribution in [0.2, 0.25) is 0 Å². The molecule has 0 saturated carbocycles. The molecule has 0 aliphatic carbocycles. The maximum Gasteiger partial charge on any atom is 0.239 e. The lowest BCUT2D eigenvalue weighted by atomic mass is 10.2. The van der Waals surface area contributed by atoms with E-state index in [1.165, 1.54) is 0 Å². The van der Waals surface area contributed by atoms with Crippen molar-refractivity contribution in [3.05, 3.63) is 12.1 Å². The molecule has 0 radical (unpaired) electrons. The lowest BCUT2D eigenvalue weighted by molar-refractivity contribution is 0.263. The molecule has 0 spiro atoms. The molecule has 1 unspecified atom stereocenters. The Bertz CT molecular complexity index is 398. The van der Waals surface area contributed by atoms with Crippen LogP contribution in [0.5, 0.6) is 5.88 Å². The standard InChI is InChI=1S/C14H25N3OS/c1-10(2)8-18-14-12(15)6-7-13(16-14)17(4)11(3)9-19-5/h6-7,10-11H,8-9,15H2,1-5H3. The molecule has 0 aliphatic heterocycles. The fourth-order valence-electron chi connectivity index (χ4n) is 1.58. The van der Waals surface area contributed by atoms with Crippen LogP contribution in [-0.4, -0.2) is 36.7 Å². The van der Waals surface area contributed by atoms with E-state index in [2.05, 4.69) is 36.9 Å². The topological polar surface area (TPSA) is 51.4 Å². The average Bonchev–Trinajstić information content (AvgIpc) is 2.37. The van der Waals surface area contributed by atoms with Crippen molar-refractivity contribution < 1.29 is 4.74 Å². The van der Waals surface area contributed by atoms with Crippen molar-refractivity contribution in [1.82, 2.24) is 4.98 Å². The molecule has 4 nitrogen and oxygen atoms in total. The van der Waals surface area contributed by atoms with Crippen LogP contribution in [0.3, 0.4) is 0 Å². The van der Waals surface area contributed by atoms with Crippen LogP contribution in [0.1, 0.15) is 20.8 Å². The van der Waals surface area contributed by atoms with Crippen LogP contribution in [0, 0.1) is 5.92 Å². The highest BCUT2D eigenvalue weighted by Crippen LogP contribution is 2.24. The Kier molecular flexibility index (Phi) is 6.28.